The van der Waals surface area contributed by atoms with E-state index in [4.69, 9.17) is 9.47 Å². The lowest BCUT2D eigenvalue weighted by atomic mass is 10.2. The van der Waals surface area contributed by atoms with Crippen molar-refractivity contribution in [3.63, 3.8) is 0 Å². The average Bonchev–Trinajstić information content (AvgIpc) is 3.06. The Morgan fingerprint density at radius 3 is 2.61 bits per heavy atom. The fourth-order valence-corrected chi connectivity index (χ4v) is 3.04. The number of nitrogens with zero attached hydrogens (tertiary/aromatic N) is 3. The summed E-state index contributed by atoms with van der Waals surface area (Å²) in [4.78, 5) is 25.9. The first kappa shape index (κ1) is 19.9. The molecule has 2 heterocycles. The van der Waals surface area contributed by atoms with Gasteiger partial charge in [-0.3, -0.25) is 9.48 Å². The molecule has 2 aromatic rings. The van der Waals surface area contributed by atoms with Gasteiger partial charge in [-0.25, -0.2) is 4.79 Å². The lowest BCUT2D eigenvalue weighted by molar-refractivity contribution is -0.154. The highest BCUT2D eigenvalue weighted by atomic mass is 16.6. The summed E-state index contributed by atoms with van der Waals surface area (Å²) in [5, 5.41) is 4.54. The summed E-state index contributed by atoms with van der Waals surface area (Å²) in [6.45, 7) is 7.43. The minimum absolute atomic E-state index is 0.232. The molecule has 1 amide bonds. The van der Waals surface area contributed by atoms with Crippen LogP contribution in [0.1, 0.15) is 44.1 Å². The number of hydrogen-bond acceptors (Lipinski definition) is 5. The molecule has 0 radical (unpaired) electrons. The molecule has 28 heavy (non-hydrogen) atoms. The van der Waals surface area contributed by atoms with Gasteiger partial charge in [0.15, 0.2) is 0 Å². The van der Waals surface area contributed by atoms with E-state index in [1.165, 1.54) is 0 Å². The summed E-state index contributed by atoms with van der Waals surface area (Å²) in [5.41, 5.74) is 2.26. The van der Waals surface area contributed by atoms with Gasteiger partial charge < -0.3 is 14.4 Å². The quantitative estimate of drug-likeness (QED) is 0.738. The van der Waals surface area contributed by atoms with Crippen LogP contribution in [0, 0.1) is 0 Å². The number of carbonyl (C=O) groups is 2. The van der Waals surface area contributed by atoms with Crippen LogP contribution in [0.5, 0.6) is 0 Å². The molecule has 0 saturated carbocycles. The van der Waals surface area contributed by atoms with Gasteiger partial charge in [-0.1, -0.05) is 30.3 Å². The van der Waals surface area contributed by atoms with E-state index in [2.05, 4.69) is 5.10 Å². The van der Waals surface area contributed by atoms with Crippen LogP contribution in [0.25, 0.3) is 0 Å². The summed E-state index contributed by atoms with van der Waals surface area (Å²) in [5.74, 6) is -0.232. The number of hydrogen-bond donors (Lipinski definition) is 0. The molecule has 1 aliphatic heterocycles. The van der Waals surface area contributed by atoms with Gasteiger partial charge in [0.1, 0.15) is 12.2 Å². The first-order valence-electron chi connectivity index (χ1n) is 9.53. The number of aryl methyl sites for hydroxylation is 1. The number of aromatic nitrogens is 2. The normalized spacial score (nSPS) is 13.8. The zero-order valence-corrected chi connectivity index (χ0v) is 16.7. The van der Waals surface area contributed by atoms with Crippen molar-refractivity contribution in [1.82, 2.24) is 14.7 Å². The molecule has 0 saturated heterocycles. The summed E-state index contributed by atoms with van der Waals surface area (Å²) in [6, 6.07) is 11.6. The van der Waals surface area contributed by atoms with Crippen molar-refractivity contribution in [2.75, 3.05) is 6.54 Å². The van der Waals surface area contributed by atoms with Crippen LogP contribution in [0.4, 0.5) is 4.79 Å². The van der Waals surface area contributed by atoms with E-state index < -0.39 is 5.60 Å². The maximum Gasteiger partial charge on any atom is 0.410 e. The molecule has 1 aliphatic rings. The number of ether oxygens (including phenoxy) is 2. The number of benzene rings is 1. The predicted octanol–water partition coefficient (Wildman–Crippen LogP) is 3.31. The minimum atomic E-state index is -0.481. The fraction of sp³-hybridized carbons (Fsp3) is 0.476. The molecule has 1 aromatic carbocycles. The molecule has 7 nitrogen and oxygen atoms in total. The van der Waals surface area contributed by atoms with E-state index in [0.29, 0.717) is 26.1 Å². The van der Waals surface area contributed by atoms with E-state index in [0.717, 1.165) is 17.0 Å². The highest BCUT2D eigenvalue weighted by Crippen LogP contribution is 2.17. The Morgan fingerprint density at radius 2 is 1.89 bits per heavy atom. The third kappa shape index (κ3) is 5.58. The van der Waals surface area contributed by atoms with Crippen LogP contribution in [0.3, 0.4) is 0 Å². The molecule has 0 atom stereocenters. The number of amides is 1. The second kappa shape index (κ2) is 8.46. The molecular formula is C21H27N3O4. The van der Waals surface area contributed by atoms with Crippen molar-refractivity contribution >= 4 is 12.1 Å². The molecule has 1 aromatic heterocycles. The molecule has 150 valence electrons. The zero-order chi connectivity index (χ0) is 20.1. The largest absolute Gasteiger partial charge is 0.460 e. The van der Waals surface area contributed by atoms with Gasteiger partial charge in [-0.15, -0.1) is 0 Å². The van der Waals surface area contributed by atoms with Crippen LogP contribution in [0.2, 0.25) is 0 Å². The van der Waals surface area contributed by atoms with E-state index in [1.807, 2.05) is 61.9 Å². The molecule has 0 spiro atoms. The van der Waals surface area contributed by atoms with E-state index in [9.17, 15) is 9.59 Å². The van der Waals surface area contributed by atoms with Gasteiger partial charge in [0.05, 0.1) is 30.9 Å². The first-order chi connectivity index (χ1) is 13.3. The summed E-state index contributed by atoms with van der Waals surface area (Å²) in [6.07, 6.45) is 0.482. The van der Waals surface area contributed by atoms with E-state index >= 15 is 0 Å². The first-order valence-corrected chi connectivity index (χ1v) is 9.53. The van der Waals surface area contributed by atoms with Crippen LogP contribution in [-0.4, -0.2) is 38.9 Å². The van der Waals surface area contributed by atoms with Crippen molar-refractivity contribution in [3.8, 4) is 0 Å². The lowest BCUT2D eigenvalue weighted by Gasteiger charge is -2.26. The Balaban J connectivity index is 1.51. The van der Waals surface area contributed by atoms with E-state index in [-0.39, 0.29) is 25.1 Å². The van der Waals surface area contributed by atoms with Crippen molar-refractivity contribution in [3.05, 3.63) is 53.3 Å². The highest BCUT2D eigenvalue weighted by Gasteiger charge is 2.24. The second-order valence-corrected chi connectivity index (χ2v) is 7.90. The minimum Gasteiger partial charge on any atom is -0.460 e. The Hall–Kier alpha value is -2.83. The van der Waals surface area contributed by atoms with Crippen LogP contribution < -0.4 is 0 Å². The van der Waals surface area contributed by atoms with Crippen LogP contribution in [0.15, 0.2) is 36.4 Å². The molecule has 3 rings (SSSR count). The maximum atomic E-state index is 12.3. The van der Waals surface area contributed by atoms with Crippen molar-refractivity contribution < 1.29 is 19.1 Å². The van der Waals surface area contributed by atoms with Crippen molar-refractivity contribution in [1.29, 1.82) is 0 Å². The Kier molecular flexibility index (Phi) is 6.02. The molecular weight excluding hydrogens is 358 g/mol. The van der Waals surface area contributed by atoms with Gasteiger partial charge in [-0.05, 0) is 32.4 Å². The van der Waals surface area contributed by atoms with Crippen LogP contribution in [-0.2, 0) is 40.4 Å². The molecule has 0 N–H and O–H groups in total. The number of fused-ring (bicyclic) bond motifs is 1. The SMILES string of the molecule is CC(C)(C)OC(=O)CCc1cc2n(n1)CCN(C(=O)OCc1ccccc1)C2. The third-order valence-corrected chi connectivity index (χ3v) is 4.32. The Morgan fingerprint density at radius 1 is 1.14 bits per heavy atom. The molecule has 0 bridgehead atoms. The van der Waals surface area contributed by atoms with Gasteiger partial charge in [0.25, 0.3) is 0 Å². The van der Waals surface area contributed by atoms with E-state index in [1.54, 1.807) is 4.90 Å². The van der Waals surface area contributed by atoms with Gasteiger partial charge in [-0.2, -0.15) is 5.10 Å². The third-order valence-electron chi connectivity index (χ3n) is 4.32. The molecule has 7 heteroatoms. The van der Waals surface area contributed by atoms with Crippen molar-refractivity contribution in [2.45, 2.75) is 58.9 Å². The topological polar surface area (TPSA) is 73.7 Å². The zero-order valence-electron chi connectivity index (χ0n) is 16.7. The van der Waals surface area contributed by atoms with Gasteiger partial charge in [0.2, 0.25) is 0 Å². The standard InChI is InChI=1S/C21H27N3O4/c1-21(2,3)28-19(25)10-9-17-13-18-14-23(11-12-24(18)22-17)20(26)27-15-16-7-5-4-6-8-16/h4-8,13H,9-12,14-15H2,1-3H3. The summed E-state index contributed by atoms with van der Waals surface area (Å²) >= 11 is 0. The maximum absolute atomic E-state index is 12.3. The van der Waals surface area contributed by atoms with Gasteiger partial charge >= 0.3 is 12.1 Å². The van der Waals surface area contributed by atoms with Crippen molar-refractivity contribution in [2.24, 2.45) is 0 Å². The summed E-state index contributed by atoms with van der Waals surface area (Å²) in [7, 11) is 0. The Labute approximate surface area is 165 Å². The smallest absolute Gasteiger partial charge is 0.410 e. The number of carbonyl (C=O) groups excluding carboxylic acids is 2. The molecule has 0 aliphatic carbocycles. The van der Waals surface area contributed by atoms with Gasteiger partial charge in [0, 0.05) is 13.0 Å². The molecule has 0 unspecified atom stereocenters. The lowest BCUT2D eigenvalue weighted by Crippen LogP contribution is -2.38. The Bertz CT molecular complexity index is 824. The highest BCUT2D eigenvalue weighted by molar-refractivity contribution is 5.70. The number of rotatable bonds is 5. The second-order valence-electron chi connectivity index (χ2n) is 7.90. The van der Waals surface area contributed by atoms with Crippen LogP contribution >= 0.6 is 0 Å². The predicted molar refractivity (Wildman–Crippen MR) is 103 cm³/mol. The number of esters is 1. The fourth-order valence-electron chi connectivity index (χ4n) is 3.04. The summed E-state index contributed by atoms with van der Waals surface area (Å²) < 4.78 is 12.6. The monoisotopic (exact) mass is 385 g/mol. The average molecular weight is 385 g/mol. The molecule has 0 fully saturated rings.